The highest BCUT2D eigenvalue weighted by Gasteiger charge is 2.36. The minimum Gasteiger partial charge on any atom is -0.369 e. The van der Waals surface area contributed by atoms with E-state index in [1.807, 2.05) is 13.8 Å². The molecule has 1 aromatic carbocycles. The molecule has 0 spiro atoms. The first-order valence-electron chi connectivity index (χ1n) is 6.65. The van der Waals surface area contributed by atoms with E-state index in [2.05, 4.69) is 5.32 Å². The number of benzene rings is 1. The van der Waals surface area contributed by atoms with Crippen LogP contribution < -0.4 is 10.2 Å². The summed E-state index contributed by atoms with van der Waals surface area (Å²) in [5.74, 6) is 0. The molecule has 1 heterocycles. The number of hydrogen-bond acceptors (Lipinski definition) is 2. The van der Waals surface area contributed by atoms with Gasteiger partial charge in [-0.05, 0) is 24.6 Å². The molecular formula is C14H18ClF3N2. The first-order valence-corrected chi connectivity index (χ1v) is 7.03. The Morgan fingerprint density at radius 1 is 1.35 bits per heavy atom. The summed E-state index contributed by atoms with van der Waals surface area (Å²) in [6.45, 7) is 5.27. The van der Waals surface area contributed by atoms with Gasteiger partial charge in [-0.1, -0.05) is 25.4 Å². The van der Waals surface area contributed by atoms with Crippen molar-refractivity contribution in [2.45, 2.75) is 38.5 Å². The number of alkyl halides is 3. The van der Waals surface area contributed by atoms with Crippen molar-refractivity contribution in [3.05, 3.63) is 28.8 Å². The molecule has 1 N–H and O–H groups in total. The van der Waals surface area contributed by atoms with Crippen LogP contribution in [0.15, 0.2) is 18.2 Å². The molecule has 0 bridgehead atoms. The Balaban J connectivity index is 2.22. The lowest BCUT2D eigenvalue weighted by molar-refractivity contribution is -0.137. The third-order valence-electron chi connectivity index (χ3n) is 3.36. The number of hydrogen-bond donors (Lipinski definition) is 1. The van der Waals surface area contributed by atoms with Crippen LogP contribution in [0, 0.1) is 0 Å². The van der Waals surface area contributed by atoms with E-state index in [1.165, 1.54) is 12.1 Å². The molecule has 0 saturated carbocycles. The van der Waals surface area contributed by atoms with Crippen molar-refractivity contribution in [1.82, 2.24) is 5.32 Å². The highest BCUT2D eigenvalue weighted by molar-refractivity contribution is 6.30. The van der Waals surface area contributed by atoms with Gasteiger partial charge in [-0.2, -0.15) is 13.2 Å². The number of rotatable bonds is 3. The monoisotopic (exact) mass is 306 g/mol. The molecule has 1 aliphatic heterocycles. The molecule has 2 nitrogen and oxygen atoms in total. The maximum atomic E-state index is 13.1. The molecule has 1 aliphatic rings. The fraction of sp³-hybridized carbons (Fsp3) is 0.571. The van der Waals surface area contributed by atoms with Crippen LogP contribution in [0.5, 0.6) is 0 Å². The van der Waals surface area contributed by atoms with Gasteiger partial charge in [0.2, 0.25) is 0 Å². The van der Waals surface area contributed by atoms with Crippen LogP contribution in [-0.2, 0) is 6.18 Å². The molecule has 0 aliphatic carbocycles. The van der Waals surface area contributed by atoms with E-state index in [-0.39, 0.29) is 16.8 Å². The molecule has 2 rings (SSSR count). The highest BCUT2D eigenvalue weighted by Crippen LogP contribution is 2.39. The van der Waals surface area contributed by atoms with Gasteiger partial charge in [0.1, 0.15) is 0 Å². The lowest BCUT2D eigenvalue weighted by Crippen LogP contribution is -2.37. The zero-order valence-electron chi connectivity index (χ0n) is 11.5. The number of anilines is 1. The molecule has 20 heavy (non-hydrogen) atoms. The number of nitrogens with zero attached hydrogens (tertiary/aromatic N) is 1. The Bertz CT molecular complexity index is 474. The van der Waals surface area contributed by atoms with E-state index in [0.29, 0.717) is 19.1 Å². The maximum Gasteiger partial charge on any atom is 0.418 e. The zero-order chi connectivity index (χ0) is 14.9. The SMILES string of the molecule is CC(C)NC1CCN(c2ccc(Cl)cc2C(F)(F)F)C1. The van der Waals surface area contributed by atoms with E-state index >= 15 is 0 Å². The molecule has 0 radical (unpaired) electrons. The molecule has 0 amide bonds. The molecule has 1 aromatic rings. The quantitative estimate of drug-likeness (QED) is 0.910. The molecule has 6 heteroatoms. The minimum atomic E-state index is -4.39. The van der Waals surface area contributed by atoms with Gasteiger partial charge >= 0.3 is 6.18 Å². The summed E-state index contributed by atoms with van der Waals surface area (Å²) in [6.07, 6.45) is -3.54. The van der Waals surface area contributed by atoms with Crippen LogP contribution in [-0.4, -0.2) is 25.2 Å². The van der Waals surface area contributed by atoms with Gasteiger partial charge in [0.25, 0.3) is 0 Å². The van der Waals surface area contributed by atoms with Gasteiger partial charge < -0.3 is 10.2 Å². The van der Waals surface area contributed by atoms with E-state index in [1.54, 1.807) is 4.90 Å². The molecule has 0 aromatic heterocycles. The molecule has 1 unspecified atom stereocenters. The fourth-order valence-corrected chi connectivity index (χ4v) is 2.77. The smallest absolute Gasteiger partial charge is 0.369 e. The Morgan fingerprint density at radius 2 is 2.05 bits per heavy atom. The summed E-state index contributed by atoms with van der Waals surface area (Å²) in [5.41, 5.74) is -0.440. The second-order valence-corrected chi connectivity index (χ2v) is 5.85. The lowest BCUT2D eigenvalue weighted by atomic mass is 10.1. The molecule has 112 valence electrons. The van der Waals surface area contributed by atoms with Crippen LogP contribution in [0.1, 0.15) is 25.8 Å². The lowest BCUT2D eigenvalue weighted by Gasteiger charge is -2.24. The molecule has 1 saturated heterocycles. The van der Waals surface area contributed by atoms with E-state index < -0.39 is 11.7 Å². The average Bonchev–Trinajstić information content (AvgIpc) is 2.75. The Hall–Kier alpha value is -0.940. The van der Waals surface area contributed by atoms with E-state index in [4.69, 9.17) is 11.6 Å². The van der Waals surface area contributed by atoms with Crippen molar-refractivity contribution >= 4 is 17.3 Å². The first kappa shape index (κ1) is 15.4. The number of halogens is 4. The van der Waals surface area contributed by atoms with Crippen molar-refractivity contribution in [2.24, 2.45) is 0 Å². The van der Waals surface area contributed by atoms with Crippen molar-refractivity contribution in [3.63, 3.8) is 0 Å². The number of nitrogens with one attached hydrogen (secondary N) is 1. The van der Waals surface area contributed by atoms with Crippen molar-refractivity contribution in [1.29, 1.82) is 0 Å². The predicted molar refractivity (Wildman–Crippen MR) is 75.3 cm³/mol. The zero-order valence-corrected chi connectivity index (χ0v) is 12.2. The van der Waals surface area contributed by atoms with Gasteiger partial charge in [0, 0.05) is 35.9 Å². The van der Waals surface area contributed by atoms with E-state index in [0.717, 1.165) is 12.5 Å². The summed E-state index contributed by atoms with van der Waals surface area (Å²) >= 11 is 5.70. The second-order valence-electron chi connectivity index (χ2n) is 5.41. The van der Waals surface area contributed by atoms with Crippen LogP contribution in [0.25, 0.3) is 0 Å². The highest BCUT2D eigenvalue weighted by atomic mass is 35.5. The van der Waals surface area contributed by atoms with Crippen molar-refractivity contribution in [3.8, 4) is 0 Å². The topological polar surface area (TPSA) is 15.3 Å². The average molecular weight is 307 g/mol. The van der Waals surface area contributed by atoms with Gasteiger partial charge in [0.15, 0.2) is 0 Å². The van der Waals surface area contributed by atoms with Crippen LogP contribution in [0.4, 0.5) is 18.9 Å². The van der Waals surface area contributed by atoms with Crippen molar-refractivity contribution < 1.29 is 13.2 Å². The van der Waals surface area contributed by atoms with Gasteiger partial charge in [0.05, 0.1) is 5.56 Å². The summed E-state index contributed by atoms with van der Waals surface area (Å²) < 4.78 is 39.3. The third-order valence-corrected chi connectivity index (χ3v) is 3.60. The molecule has 1 fully saturated rings. The third kappa shape index (κ3) is 3.58. The summed E-state index contributed by atoms with van der Waals surface area (Å²) in [4.78, 5) is 1.78. The maximum absolute atomic E-state index is 13.1. The van der Waals surface area contributed by atoms with Gasteiger partial charge in [-0.25, -0.2) is 0 Å². The second kappa shape index (κ2) is 5.82. The van der Waals surface area contributed by atoms with Gasteiger partial charge in [-0.15, -0.1) is 0 Å². The van der Waals surface area contributed by atoms with Gasteiger partial charge in [-0.3, -0.25) is 0 Å². The fourth-order valence-electron chi connectivity index (χ4n) is 2.60. The van der Waals surface area contributed by atoms with Crippen molar-refractivity contribution in [2.75, 3.05) is 18.0 Å². The summed E-state index contributed by atoms with van der Waals surface area (Å²) in [6, 6.07) is 4.53. The predicted octanol–water partition coefficient (Wildman–Crippen LogP) is 3.94. The Kier molecular flexibility index (Phi) is 4.49. The first-order chi connectivity index (χ1) is 9.27. The minimum absolute atomic E-state index is 0.108. The molecular weight excluding hydrogens is 289 g/mol. The normalized spacial score (nSPS) is 19.9. The Morgan fingerprint density at radius 3 is 2.65 bits per heavy atom. The molecule has 1 atom stereocenters. The van der Waals surface area contributed by atoms with Crippen LogP contribution in [0.3, 0.4) is 0 Å². The van der Waals surface area contributed by atoms with E-state index in [9.17, 15) is 13.2 Å². The summed E-state index contributed by atoms with van der Waals surface area (Å²) in [7, 11) is 0. The standard InChI is InChI=1S/C14H18ClF3N2/c1-9(2)19-11-5-6-20(8-11)13-4-3-10(15)7-12(13)14(16,17)18/h3-4,7,9,11,19H,5-6,8H2,1-2H3. The van der Waals surface area contributed by atoms with Crippen LogP contribution in [0.2, 0.25) is 5.02 Å². The largest absolute Gasteiger partial charge is 0.418 e. The van der Waals surface area contributed by atoms with Crippen LogP contribution >= 0.6 is 11.6 Å². The Labute approximate surface area is 121 Å². The summed E-state index contributed by atoms with van der Waals surface area (Å²) in [5, 5.41) is 3.47.